The van der Waals surface area contributed by atoms with E-state index in [0.29, 0.717) is 5.56 Å². The van der Waals surface area contributed by atoms with Crippen molar-refractivity contribution in [2.75, 3.05) is 0 Å². The average molecular weight is 430 g/mol. The fraction of sp³-hybridized carbons (Fsp3) is 0.222. The SMILES string of the molecule is O=C(Cc1cccc(C(F)(F)F)c1)N[C@@H](Cc1cccc(Br)c1)C(=O)O. The summed E-state index contributed by atoms with van der Waals surface area (Å²) in [7, 11) is 0. The lowest BCUT2D eigenvalue weighted by Gasteiger charge is -2.15. The molecule has 0 aliphatic carbocycles. The summed E-state index contributed by atoms with van der Waals surface area (Å²) in [4.78, 5) is 23.5. The number of aliphatic carboxylic acids is 1. The lowest BCUT2D eigenvalue weighted by molar-refractivity contribution is -0.141. The summed E-state index contributed by atoms with van der Waals surface area (Å²) in [6.45, 7) is 0. The van der Waals surface area contributed by atoms with Gasteiger partial charge in [0.25, 0.3) is 0 Å². The van der Waals surface area contributed by atoms with E-state index < -0.39 is 29.7 Å². The van der Waals surface area contributed by atoms with Crippen molar-refractivity contribution in [2.45, 2.75) is 25.1 Å². The molecule has 0 unspecified atom stereocenters. The molecular weight excluding hydrogens is 415 g/mol. The molecule has 0 heterocycles. The van der Waals surface area contributed by atoms with E-state index in [0.717, 1.165) is 16.6 Å². The molecule has 0 bridgehead atoms. The lowest BCUT2D eigenvalue weighted by Crippen LogP contribution is -2.43. The number of amides is 1. The van der Waals surface area contributed by atoms with Crippen molar-refractivity contribution < 1.29 is 27.9 Å². The van der Waals surface area contributed by atoms with Crippen LogP contribution in [-0.4, -0.2) is 23.0 Å². The molecule has 1 amide bonds. The maximum absolute atomic E-state index is 12.7. The minimum atomic E-state index is -4.50. The second-order valence-corrected chi connectivity index (χ2v) is 6.58. The Balaban J connectivity index is 2.05. The van der Waals surface area contributed by atoms with Gasteiger partial charge in [0.2, 0.25) is 5.91 Å². The van der Waals surface area contributed by atoms with Gasteiger partial charge in [-0.25, -0.2) is 4.79 Å². The molecule has 2 N–H and O–H groups in total. The Bertz CT molecular complexity index is 808. The van der Waals surface area contributed by atoms with Gasteiger partial charge in [0.1, 0.15) is 6.04 Å². The van der Waals surface area contributed by atoms with Crippen molar-refractivity contribution in [1.29, 1.82) is 0 Å². The van der Waals surface area contributed by atoms with Gasteiger partial charge in [0, 0.05) is 10.9 Å². The van der Waals surface area contributed by atoms with E-state index in [9.17, 15) is 27.9 Å². The van der Waals surface area contributed by atoms with Crippen LogP contribution in [0.25, 0.3) is 0 Å². The third kappa shape index (κ3) is 5.87. The number of carbonyl (C=O) groups excluding carboxylic acids is 1. The number of carbonyl (C=O) groups is 2. The first-order valence-corrected chi connectivity index (χ1v) is 8.37. The first kappa shape index (κ1) is 20.0. The predicted molar refractivity (Wildman–Crippen MR) is 92.6 cm³/mol. The summed E-state index contributed by atoms with van der Waals surface area (Å²) in [5.74, 6) is -1.88. The molecule has 0 aliphatic rings. The zero-order valence-electron chi connectivity index (χ0n) is 13.4. The molecule has 0 spiro atoms. The van der Waals surface area contributed by atoms with Crippen LogP contribution < -0.4 is 5.32 Å². The van der Waals surface area contributed by atoms with Crippen LogP contribution in [0.5, 0.6) is 0 Å². The molecule has 2 aromatic carbocycles. The maximum atomic E-state index is 12.7. The number of nitrogens with one attached hydrogen (secondary N) is 1. The summed E-state index contributed by atoms with van der Waals surface area (Å²) < 4.78 is 38.9. The summed E-state index contributed by atoms with van der Waals surface area (Å²) >= 11 is 3.28. The Morgan fingerprint density at radius 1 is 1.08 bits per heavy atom. The van der Waals surface area contributed by atoms with Gasteiger partial charge in [-0.3, -0.25) is 4.79 Å². The Morgan fingerprint density at radius 2 is 1.73 bits per heavy atom. The second kappa shape index (κ2) is 8.35. The van der Waals surface area contributed by atoms with Crippen molar-refractivity contribution in [3.63, 3.8) is 0 Å². The van der Waals surface area contributed by atoms with Gasteiger partial charge in [-0.2, -0.15) is 13.2 Å². The third-order valence-electron chi connectivity index (χ3n) is 3.58. The van der Waals surface area contributed by atoms with E-state index >= 15 is 0 Å². The minimum Gasteiger partial charge on any atom is -0.480 e. The molecule has 26 heavy (non-hydrogen) atoms. The fourth-order valence-corrected chi connectivity index (χ4v) is 2.83. The molecule has 0 aromatic heterocycles. The smallest absolute Gasteiger partial charge is 0.416 e. The second-order valence-electron chi connectivity index (χ2n) is 5.67. The lowest BCUT2D eigenvalue weighted by atomic mass is 10.0. The van der Waals surface area contributed by atoms with Crippen LogP contribution in [0.4, 0.5) is 13.2 Å². The molecule has 0 radical (unpaired) electrons. The standard InChI is InChI=1S/C18H15BrF3NO3/c19-14-6-2-4-12(8-14)9-15(17(25)26)23-16(24)10-11-3-1-5-13(7-11)18(20,21)22/h1-8,15H,9-10H2,(H,23,24)(H,25,26)/t15-/m0/s1. The highest BCUT2D eigenvalue weighted by molar-refractivity contribution is 9.10. The van der Waals surface area contributed by atoms with Gasteiger partial charge >= 0.3 is 12.1 Å². The molecule has 2 rings (SSSR count). The number of carboxylic acids is 1. The molecule has 0 fully saturated rings. The van der Waals surface area contributed by atoms with Gasteiger partial charge < -0.3 is 10.4 Å². The quantitative estimate of drug-likeness (QED) is 0.733. The fourth-order valence-electron chi connectivity index (χ4n) is 2.39. The summed E-state index contributed by atoms with van der Waals surface area (Å²) in [6.07, 6.45) is -4.79. The average Bonchev–Trinajstić information content (AvgIpc) is 2.53. The Kier molecular flexibility index (Phi) is 6.42. The molecule has 0 saturated heterocycles. The molecule has 1 atom stereocenters. The van der Waals surface area contributed by atoms with E-state index in [1.54, 1.807) is 24.3 Å². The first-order chi connectivity index (χ1) is 12.1. The zero-order valence-corrected chi connectivity index (χ0v) is 15.0. The highest BCUT2D eigenvalue weighted by atomic mass is 79.9. The van der Waals surface area contributed by atoms with Crippen LogP contribution >= 0.6 is 15.9 Å². The number of alkyl halides is 3. The van der Waals surface area contributed by atoms with E-state index in [4.69, 9.17) is 0 Å². The Labute approximate surface area is 156 Å². The molecule has 0 saturated carbocycles. The molecule has 0 aliphatic heterocycles. The Morgan fingerprint density at radius 3 is 2.35 bits per heavy atom. The van der Waals surface area contributed by atoms with Crippen LogP contribution in [0.1, 0.15) is 16.7 Å². The van der Waals surface area contributed by atoms with Gasteiger partial charge in [-0.15, -0.1) is 0 Å². The van der Waals surface area contributed by atoms with Crippen molar-refractivity contribution in [3.8, 4) is 0 Å². The number of rotatable bonds is 6. The van der Waals surface area contributed by atoms with Gasteiger partial charge in [0.15, 0.2) is 0 Å². The van der Waals surface area contributed by atoms with Crippen LogP contribution in [0.15, 0.2) is 53.0 Å². The zero-order chi connectivity index (χ0) is 19.3. The third-order valence-corrected chi connectivity index (χ3v) is 4.07. The summed E-state index contributed by atoms with van der Waals surface area (Å²) in [6, 6.07) is 10.2. The van der Waals surface area contributed by atoms with E-state index in [2.05, 4.69) is 21.2 Å². The van der Waals surface area contributed by atoms with Crippen molar-refractivity contribution in [2.24, 2.45) is 0 Å². The molecule has 138 valence electrons. The number of hydrogen-bond donors (Lipinski definition) is 2. The maximum Gasteiger partial charge on any atom is 0.416 e. The minimum absolute atomic E-state index is 0.0586. The molecule has 2 aromatic rings. The van der Waals surface area contributed by atoms with Crippen LogP contribution in [0.2, 0.25) is 0 Å². The number of carboxylic acid groups (broad SMARTS) is 1. The monoisotopic (exact) mass is 429 g/mol. The number of halogens is 4. The largest absolute Gasteiger partial charge is 0.480 e. The topological polar surface area (TPSA) is 66.4 Å². The van der Waals surface area contributed by atoms with Crippen LogP contribution in [0.3, 0.4) is 0 Å². The number of benzene rings is 2. The highest BCUT2D eigenvalue weighted by Crippen LogP contribution is 2.29. The predicted octanol–water partition coefficient (Wildman–Crippen LogP) is 3.82. The summed E-state index contributed by atoms with van der Waals surface area (Å²) in [5, 5.41) is 11.7. The van der Waals surface area contributed by atoms with Gasteiger partial charge in [-0.05, 0) is 29.3 Å². The van der Waals surface area contributed by atoms with Crippen molar-refractivity contribution >= 4 is 27.8 Å². The first-order valence-electron chi connectivity index (χ1n) is 7.58. The van der Waals surface area contributed by atoms with Crippen LogP contribution in [0, 0.1) is 0 Å². The normalized spacial score (nSPS) is 12.5. The Hall–Kier alpha value is -2.35. The van der Waals surface area contributed by atoms with Crippen molar-refractivity contribution in [3.05, 3.63) is 69.7 Å². The van der Waals surface area contributed by atoms with Crippen molar-refractivity contribution in [1.82, 2.24) is 5.32 Å². The molecular formula is C18H15BrF3NO3. The van der Waals surface area contributed by atoms with E-state index in [1.165, 1.54) is 12.1 Å². The molecule has 4 nitrogen and oxygen atoms in total. The van der Waals surface area contributed by atoms with E-state index in [-0.39, 0.29) is 18.4 Å². The van der Waals surface area contributed by atoms with Gasteiger partial charge in [0.05, 0.1) is 12.0 Å². The number of hydrogen-bond acceptors (Lipinski definition) is 2. The van der Waals surface area contributed by atoms with Crippen LogP contribution in [-0.2, 0) is 28.6 Å². The van der Waals surface area contributed by atoms with Gasteiger partial charge in [-0.1, -0.05) is 46.3 Å². The summed E-state index contributed by atoms with van der Waals surface area (Å²) in [5.41, 5.74) is 0.00165. The molecule has 8 heteroatoms. The van der Waals surface area contributed by atoms with E-state index in [1.807, 2.05) is 0 Å². The highest BCUT2D eigenvalue weighted by Gasteiger charge is 2.30.